The Hall–Kier alpha value is -3.07. The molecule has 0 radical (unpaired) electrons. The Labute approximate surface area is 173 Å². The summed E-state index contributed by atoms with van der Waals surface area (Å²) in [5.74, 6) is -1.04. The fourth-order valence-corrected chi connectivity index (χ4v) is 4.81. The van der Waals surface area contributed by atoms with E-state index in [4.69, 9.17) is 0 Å². The number of rotatable bonds is 7. The van der Waals surface area contributed by atoms with Crippen LogP contribution in [0, 0.1) is 5.82 Å². The van der Waals surface area contributed by atoms with E-state index >= 15 is 0 Å². The Morgan fingerprint density at radius 2 is 1.97 bits per heavy atom. The first-order valence-electron chi connectivity index (χ1n) is 9.67. The minimum absolute atomic E-state index is 0.0753. The quantitative estimate of drug-likeness (QED) is 0.625. The van der Waals surface area contributed by atoms with Crippen molar-refractivity contribution in [2.75, 3.05) is 11.1 Å². The molecule has 7 nitrogen and oxygen atoms in total. The molecule has 0 fully saturated rings. The normalized spacial score (nSPS) is 13.2. The number of halogens is 1. The number of nitrogens with zero attached hydrogens (tertiary/aromatic N) is 3. The maximum absolute atomic E-state index is 13.3. The molecule has 1 aliphatic carbocycles. The largest absolute Gasteiger partial charge is 0.293 e. The van der Waals surface area contributed by atoms with Crippen molar-refractivity contribution in [3.05, 3.63) is 71.3 Å². The van der Waals surface area contributed by atoms with Gasteiger partial charge in [0, 0.05) is 6.42 Å². The number of aromatic nitrogens is 3. The van der Waals surface area contributed by atoms with Crippen molar-refractivity contribution >= 4 is 21.7 Å². The molecule has 0 unspecified atom stereocenters. The molecule has 9 heteroatoms. The summed E-state index contributed by atoms with van der Waals surface area (Å²) in [5.41, 5.74) is 2.98. The molecule has 1 amide bonds. The highest BCUT2D eigenvalue weighted by atomic mass is 32.2. The van der Waals surface area contributed by atoms with Crippen LogP contribution in [0.3, 0.4) is 0 Å². The summed E-state index contributed by atoms with van der Waals surface area (Å²) < 4.78 is 39.9. The number of carbonyl (C=O) groups excluding carboxylic acids is 1. The van der Waals surface area contributed by atoms with E-state index < -0.39 is 15.7 Å². The van der Waals surface area contributed by atoms with Crippen LogP contribution in [-0.4, -0.2) is 34.8 Å². The van der Waals surface area contributed by atoms with Gasteiger partial charge < -0.3 is 0 Å². The van der Waals surface area contributed by atoms with Crippen LogP contribution < -0.4 is 5.32 Å². The molecule has 1 N–H and O–H groups in total. The van der Waals surface area contributed by atoms with Crippen molar-refractivity contribution < 1.29 is 17.6 Å². The topological polar surface area (TPSA) is 94.0 Å². The van der Waals surface area contributed by atoms with E-state index in [2.05, 4.69) is 15.4 Å². The first-order valence-corrected chi connectivity index (χ1v) is 11.3. The number of benzene rings is 2. The molecule has 4 rings (SSSR count). The van der Waals surface area contributed by atoms with Gasteiger partial charge in [-0.25, -0.2) is 22.5 Å². The molecular weight excluding hydrogens is 407 g/mol. The monoisotopic (exact) mass is 428 g/mol. The smallest absolute Gasteiger partial charge is 0.248 e. The standard InChI is InChI=1S/C21H21FN4O3S/c22-18-6-1-3-15(11-18)13-26-14-23-21(25-26)24-20(27)9-10-30(28,29)19-8-7-16-4-2-5-17(16)12-19/h1,3,6-8,11-12,14H,2,4-5,9-10,13H2,(H,24,25,27). The maximum atomic E-state index is 13.3. The van der Waals surface area contributed by atoms with Crippen molar-refractivity contribution in [3.8, 4) is 0 Å². The number of amides is 1. The third-order valence-corrected chi connectivity index (χ3v) is 6.76. The SMILES string of the molecule is O=C(CCS(=O)(=O)c1ccc2c(c1)CCC2)Nc1ncn(Cc2cccc(F)c2)n1. The van der Waals surface area contributed by atoms with Gasteiger partial charge in [0.05, 0.1) is 17.2 Å². The van der Waals surface area contributed by atoms with Gasteiger partial charge in [0.25, 0.3) is 0 Å². The zero-order valence-corrected chi connectivity index (χ0v) is 17.0. The number of aryl methyl sites for hydroxylation is 2. The number of sulfone groups is 1. The maximum Gasteiger partial charge on any atom is 0.248 e. The highest BCUT2D eigenvalue weighted by molar-refractivity contribution is 7.91. The van der Waals surface area contributed by atoms with E-state index in [-0.39, 0.29) is 28.8 Å². The summed E-state index contributed by atoms with van der Waals surface area (Å²) in [5, 5.41) is 6.62. The Bertz CT molecular complexity index is 1190. The second-order valence-electron chi connectivity index (χ2n) is 7.30. The van der Waals surface area contributed by atoms with Crippen molar-refractivity contribution in [1.82, 2.24) is 14.8 Å². The number of hydrogen-bond donors (Lipinski definition) is 1. The first-order chi connectivity index (χ1) is 14.4. The van der Waals surface area contributed by atoms with Crippen LogP contribution in [0.15, 0.2) is 53.7 Å². The number of fused-ring (bicyclic) bond motifs is 1. The van der Waals surface area contributed by atoms with Crippen LogP contribution >= 0.6 is 0 Å². The molecule has 2 aromatic carbocycles. The van der Waals surface area contributed by atoms with Gasteiger partial charge in [-0.3, -0.25) is 10.1 Å². The first kappa shape index (κ1) is 20.2. The molecule has 1 heterocycles. The van der Waals surface area contributed by atoms with Gasteiger partial charge in [-0.2, -0.15) is 0 Å². The molecule has 0 bridgehead atoms. The Kier molecular flexibility index (Phi) is 5.63. The average Bonchev–Trinajstić information content (AvgIpc) is 3.35. The summed E-state index contributed by atoms with van der Waals surface area (Å²) in [6.07, 6.45) is 4.14. The third-order valence-electron chi connectivity index (χ3n) is 5.05. The molecule has 1 aliphatic rings. The predicted octanol–water partition coefficient (Wildman–Crippen LogP) is 2.76. The minimum Gasteiger partial charge on any atom is -0.293 e. The molecule has 30 heavy (non-hydrogen) atoms. The van der Waals surface area contributed by atoms with Gasteiger partial charge in [-0.05, 0) is 60.2 Å². The van der Waals surface area contributed by atoms with E-state index in [9.17, 15) is 17.6 Å². The van der Waals surface area contributed by atoms with Gasteiger partial charge in [0.2, 0.25) is 11.9 Å². The second-order valence-corrected chi connectivity index (χ2v) is 9.41. The summed E-state index contributed by atoms with van der Waals surface area (Å²) >= 11 is 0. The summed E-state index contributed by atoms with van der Waals surface area (Å²) in [7, 11) is -3.55. The van der Waals surface area contributed by atoms with Gasteiger partial charge in [0.1, 0.15) is 12.1 Å². The lowest BCUT2D eigenvalue weighted by Gasteiger charge is -2.07. The molecule has 0 aliphatic heterocycles. The zero-order valence-electron chi connectivity index (χ0n) is 16.2. The fourth-order valence-electron chi connectivity index (χ4n) is 3.52. The third kappa shape index (κ3) is 4.73. The minimum atomic E-state index is -3.55. The number of carbonyl (C=O) groups is 1. The molecule has 0 spiro atoms. The van der Waals surface area contributed by atoms with E-state index in [1.54, 1.807) is 24.3 Å². The lowest BCUT2D eigenvalue weighted by atomic mass is 10.1. The van der Waals surface area contributed by atoms with Crippen LogP contribution in [0.5, 0.6) is 0 Å². The van der Waals surface area contributed by atoms with Gasteiger partial charge in [0.15, 0.2) is 9.84 Å². The van der Waals surface area contributed by atoms with Gasteiger partial charge >= 0.3 is 0 Å². The molecular formula is C21H21FN4O3S. The van der Waals surface area contributed by atoms with Crippen molar-refractivity contribution in [3.63, 3.8) is 0 Å². The lowest BCUT2D eigenvalue weighted by molar-refractivity contribution is -0.115. The van der Waals surface area contributed by atoms with Crippen molar-refractivity contribution in [2.45, 2.75) is 37.1 Å². The number of nitrogens with one attached hydrogen (secondary N) is 1. The van der Waals surface area contributed by atoms with Crippen molar-refractivity contribution in [1.29, 1.82) is 0 Å². The molecule has 0 saturated heterocycles. The summed E-state index contributed by atoms with van der Waals surface area (Å²) in [6, 6.07) is 11.3. The number of hydrogen-bond acceptors (Lipinski definition) is 5. The predicted molar refractivity (Wildman–Crippen MR) is 109 cm³/mol. The van der Waals surface area contributed by atoms with E-state index in [0.717, 1.165) is 24.8 Å². The second kappa shape index (κ2) is 8.35. The highest BCUT2D eigenvalue weighted by Gasteiger charge is 2.20. The van der Waals surface area contributed by atoms with E-state index in [0.29, 0.717) is 12.1 Å². The van der Waals surface area contributed by atoms with Gasteiger partial charge in [-0.1, -0.05) is 18.2 Å². The van der Waals surface area contributed by atoms with Crippen LogP contribution in [0.25, 0.3) is 0 Å². The molecule has 1 aromatic heterocycles. The average molecular weight is 428 g/mol. The summed E-state index contributed by atoms with van der Waals surface area (Å²) in [4.78, 5) is 16.4. The summed E-state index contributed by atoms with van der Waals surface area (Å²) in [6.45, 7) is 0.299. The fraction of sp³-hybridized carbons (Fsp3) is 0.286. The molecule has 0 atom stereocenters. The number of anilines is 1. The van der Waals surface area contributed by atoms with Crippen molar-refractivity contribution in [2.24, 2.45) is 0 Å². The molecule has 3 aromatic rings. The van der Waals surface area contributed by atoms with Crippen LogP contribution in [0.4, 0.5) is 10.3 Å². The zero-order chi connectivity index (χ0) is 21.1. The van der Waals surface area contributed by atoms with Crippen LogP contribution in [-0.2, 0) is 34.0 Å². The highest BCUT2D eigenvalue weighted by Crippen LogP contribution is 2.25. The Balaban J connectivity index is 1.33. The molecule has 156 valence electrons. The van der Waals surface area contributed by atoms with Gasteiger partial charge in [-0.15, -0.1) is 5.10 Å². The Morgan fingerprint density at radius 1 is 1.13 bits per heavy atom. The van der Waals surface area contributed by atoms with E-state index in [1.807, 2.05) is 6.07 Å². The Morgan fingerprint density at radius 3 is 2.80 bits per heavy atom. The van der Waals surface area contributed by atoms with Crippen LogP contribution in [0.1, 0.15) is 29.5 Å². The molecule has 0 saturated carbocycles. The van der Waals surface area contributed by atoms with Crippen LogP contribution in [0.2, 0.25) is 0 Å². The lowest BCUT2D eigenvalue weighted by Crippen LogP contribution is -2.18. The van der Waals surface area contributed by atoms with E-state index in [1.165, 1.54) is 28.7 Å².